The molecule has 1 N–H and O–H groups in total. The number of rotatable bonds is 15. The fraction of sp³-hybridized carbons (Fsp3) is 0.444. The molecule has 0 spiro atoms. The molecular weight excluding hydrogens is 534 g/mol. The Morgan fingerprint density at radius 2 is 1.51 bits per heavy atom. The molecule has 1 amide bonds. The van der Waals surface area contributed by atoms with Gasteiger partial charge >= 0.3 is 5.97 Å². The van der Waals surface area contributed by atoms with E-state index in [1.807, 2.05) is 0 Å². The first-order valence-corrected chi connectivity index (χ1v) is 13.3. The standard InChI is InChI=1S/C27H33BrClNO5/c1-3-4-5-6-7-8-9-10-17-35-27(33)20-13-16-22(29)23(18-20)30-26(32)24(28)25(31)19-11-14-21(34-2)15-12-19/h11-16,18,24H,3-10,17H2,1-2H3,(H,30,32). The van der Waals surface area contributed by atoms with Crippen molar-refractivity contribution in [1.82, 2.24) is 0 Å². The van der Waals surface area contributed by atoms with Gasteiger partial charge in [0.25, 0.3) is 0 Å². The van der Waals surface area contributed by atoms with Gasteiger partial charge in [-0.05, 0) is 48.9 Å². The minimum atomic E-state index is -1.13. The number of esters is 1. The minimum absolute atomic E-state index is 0.227. The summed E-state index contributed by atoms with van der Waals surface area (Å²) in [6.45, 7) is 2.55. The molecule has 0 heterocycles. The smallest absolute Gasteiger partial charge is 0.338 e. The summed E-state index contributed by atoms with van der Waals surface area (Å²) in [6, 6.07) is 11.0. The first kappa shape index (κ1) is 28.9. The Hall–Kier alpha value is -2.38. The van der Waals surface area contributed by atoms with E-state index < -0.39 is 22.5 Å². The van der Waals surface area contributed by atoms with Crippen molar-refractivity contribution in [2.24, 2.45) is 0 Å². The van der Waals surface area contributed by atoms with Gasteiger partial charge < -0.3 is 14.8 Å². The molecule has 0 aliphatic heterocycles. The molecule has 190 valence electrons. The second-order valence-electron chi connectivity index (χ2n) is 8.25. The number of alkyl halides is 1. The largest absolute Gasteiger partial charge is 0.497 e. The highest BCUT2D eigenvalue weighted by Gasteiger charge is 2.25. The van der Waals surface area contributed by atoms with Gasteiger partial charge in [0.1, 0.15) is 5.75 Å². The van der Waals surface area contributed by atoms with Gasteiger partial charge in [-0.2, -0.15) is 0 Å². The van der Waals surface area contributed by atoms with E-state index in [1.54, 1.807) is 30.3 Å². The molecule has 0 fully saturated rings. The predicted octanol–water partition coefficient (Wildman–Crippen LogP) is 7.23. The van der Waals surface area contributed by atoms with Gasteiger partial charge in [0.2, 0.25) is 5.91 Å². The number of nitrogens with one attached hydrogen (secondary N) is 1. The molecule has 0 radical (unpaired) electrons. The Morgan fingerprint density at radius 1 is 0.914 bits per heavy atom. The number of hydrogen-bond acceptors (Lipinski definition) is 5. The van der Waals surface area contributed by atoms with Crippen molar-refractivity contribution in [2.45, 2.75) is 63.1 Å². The Labute approximate surface area is 220 Å². The summed E-state index contributed by atoms with van der Waals surface area (Å²) < 4.78 is 10.4. The number of ether oxygens (including phenoxy) is 2. The zero-order chi connectivity index (χ0) is 25.6. The molecule has 0 saturated carbocycles. The van der Waals surface area contributed by atoms with Gasteiger partial charge in [0.15, 0.2) is 10.6 Å². The molecule has 2 aromatic carbocycles. The summed E-state index contributed by atoms with van der Waals surface area (Å²) in [7, 11) is 1.53. The van der Waals surface area contributed by atoms with Crippen LogP contribution in [0.25, 0.3) is 0 Å². The predicted molar refractivity (Wildman–Crippen MR) is 143 cm³/mol. The van der Waals surface area contributed by atoms with Crippen LogP contribution in [0, 0.1) is 0 Å². The second kappa shape index (κ2) is 15.6. The van der Waals surface area contributed by atoms with E-state index in [1.165, 1.54) is 51.3 Å². The fourth-order valence-corrected chi connectivity index (χ4v) is 3.99. The van der Waals surface area contributed by atoms with Crippen LogP contribution in [0.4, 0.5) is 5.69 Å². The van der Waals surface area contributed by atoms with Crippen LogP contribution in [0.5, 0.6) is 5.75 Å². The zero-order valence-electron chi connectivity index (χ0n) is 20.3. The number of anilines is 1. The Morgan fingerprint density at radius 3 is 2.14 bits per heavy atom. The number of amides is 1. The summed E-state index contributed by atoms with van der Waals surface area (Å²) in [6.07, 6.45) is 9.26. The molecule has 0 aromatic heterocycles. The zero-order valence-corrected chi connectivity index (χ0v) is 22.6. The number of unbranched alkanes of at least 4 members (excludes halogenated alkanes) is 7. The lowest BCUT2D eigenvalue weighted by Gasteiger charge is -2.13. The summed E-state index contributed by atoms with van der Waals surface area (Å²) in [4.78, 5) is 36.6. The molecule has 0 bridgehead atoms. The van der Waals surface area contributed by atoms with Crippen LogP contribution >= 0.6 is 27.5 Å². The van der Waals surface area contributed by atoms with Crippen LogP contribution in [0.1, 0.15) is 79.0 Å². The van der Waals surface area contributed by atoms with E-state index >= 15 is 0 Å². The van der Waals surface area contributed by atoms with Gasteiger partial charge in [-0.25, -0.2) is 4.79 Å². The number of halogens is 2. The van der Waals surface area contributed by atoms with Crippen LogP contribution in [0.2, 0.25) is 5.02 Å². The van der Waals surface area contributed by atoms with Crippen molar-refractivity contribution in [3.05, 3.63) is 58.6 Å². The average Bonchev–Trinajstić information content (AvgIpc) is 2.87. The van der Waals surface area contributed by atoms with E-state index in [4.69, 9.17) is 21.1 Å². The maximum Gasteiger partial charge on any atom is 0.338 e. The van der Waals surface area contributed by atoms with Crippen molar-refractivity contribution in [3.8, 4) is 5.75 Å². The summed E-state index contributed by atoms with van der Waals surface area (Å²) in [5.41, 5.74) is 0.856. The van der Waals surface area contributed by atoms with Crippen LogP contribution in [-0.4, -0.2) is 36.2 Å². The highest BCUT2D eigenvalue weighted by molar-refractivity contribution is 9.10. The van der Waals surface area contributed by atoms with Gasteiger partial charge in [-0.1, -0.05) is 79.4 Å². The summed E-state index contributed by atoms with van der Waals surface area (Å²) >= 11 is 9.36. The average molecular weight is 567 g/mol. The minimum Gasteiger partial charge on any atom is -0.497 e. The normalized spacial score (nSPS) is 11.5. The maximum atomic E-state index is 12.7. The van der Waals surface area contributed by atoms with Gasteiger partial charge in [-0.15, -0.1) is 0 Å². The number of hydrogen-bond donors (Lipinski definition) is 1. The molecule has 0 aliphatic rings. The summed E-state index contributed by atoms with van der Waals surface area (Å²) in [5.74, 6) is -0.890. The summed E-state index contributed by atoms with van der Waals surface area (Å²) in [5, 5.41) is 2.86. The number of methoxy groups -OCH3 is 1. The fourth-order valence-electron chi connectivity index (χ4n) is 3.45. The lowest BCUT2D eigenvalue weighted by Crippen LogP contribution is -2.30. The van der Waals surface area contributed by atoms with E-state index in [-0.39, 0.29) is 16.3 Å². The van der Waals surface area contributed by atoms with E-state index in [2.05, 4.69) is 28.2 Å². The maximum absolute atomic E-state index is 12.7. The molecule has 1 atom stereocenters. The third-order valence-electron chi connectivity index (χ3n) is 5.53. The Kier molecular flexibility index (Phi) is 12.8. The first-order valence-electron chi connectivity index (χ1n) is 12.0. The van der Waals surface area contributed by atoms with Crippen LogP contribution in [-0.2, 0) is 9.53 Å². The van der Waals surface area contributed by atoms with Crippen molar-refractivity contribution < 1.29 is 23.9 Å². The number of benzene rings is 2. The molecule has 35 heavy (non-hydrogen) atoms. The van der Waals surface area contributed by atoms with Crippen molar-refractivity contribution >= 4 is 50.9 Å². The lowest BCUT2D eigenvalue weighted by molar-refractivity contribution is -0.114. The number of ketones is 1. The molecular formula is C27H33BrClNO5. The van der Waals surface area contributed by atoms with Crippen molar-refractivity contribution in [3.63, 3.8) is 0 Å². The number of Topliss-reactive ketones (excluding diaryl/α,β-unsaturated/α-hetero) is 1. The monoisotopic (exact) mass is 565 g/mol. The van der Waals surface area contributed by atoms with Crippen LogP contribution in [0.15, 0.2) is 42.5 Å². The molecule has 2 aromatic rings. The van der Waals surface area contributed by atoms with E-state index in [0.29, 0.717) is 17.9 Å². The van der Waals surface area contributed by atoms with E-state index in [9.17, 15) is 14.4 Å². The number of carbonyl (C=O) groups is 3. The second-order valence-corrected chi connectivity index (χ2v) is 9.57. The molecule has 1 unspecified atom stereocenters. The first-order chi connectivity index (χ1) is 16.9. The van der Waals surface area contributed by atoms with Gasteiger partial charge in [-0.3, -0.25) is 9.59 Å². The third-order valence-corrected chi connectivity index (χ3v) is 6.69. The number of carbonyl (C=O) groups excluding carboxylic acids is 3. The van der Waals surface area contributed by atoms with Crippen LogP contribution in [0.3, 0.4) is 0 Å². The highest BCUT2D eigenvalue weighted by Crippen LogP contribution is 2.25. The molecule has 0 aliphatic carbocycles. The molecule has 0 saturated heterocycles. The molecule has 8 heteroatoms. The van der Waals surface area contributed by atoms with Crippen LogP contribution < -0.4 is 10.1 Å². The van der Waals surface area contributed by atoms with Gasteiger partial charge in [0, 0.05) is 5.56 Å². The Bertz CT molecular complexity index is 980. The SMILES string of the molecule is CCCCCCCCCCOC(=O)c1ccc(Cl)c(NC(=O)C(Br)C(=O)c2ccc(OC)cc2)c1. The molecule has 2 rings (SSSR count). The topological polar surface area (TPSA) is 81.7 Å². The van der Waals surface area contributed by atoms with Gasteiger partial charge in [0.05, 0.1) is 30.0 Å². The third kappa shape index (κ3) is 9.65. The highest BCUT2D eigenvalue weighted by atomic mass is 79.9. The lowest BCUT2D eigenvalue weighted by atomic mass is 10.1. The van der Waals surface area contributed by atoms with E-state index in [0.717, 1.165) is 19.3 Å². The Balaban J connectivity index is 1.86. The van der Waals surface area contributed by atoms with Crippen molar-refractivity contribution in [2.75, 3.05) is 19.0 Å². The van der Waals surface area contributed by atoms with Crippen molar-refractivity contribution in [1.29, 1.82) is 0 Å². The molecule has 6 nitrogen and oxygen atoms in total. The quantitative estimate of drug-likeness (QED) is 0.0808.